The number of hydrogen-bond acceptors (Lipinski definition) is 4. The van der Waals surface area contributed by atoms with Crippen molar-refractivity contribution in [1.82, 2.24) is 9.62 Å². The molecule has 1 fully saturated rings. The van der Waals surface area contributed by atoms with Crippen molar-refractivity contribution in [2.45, 2.75) is 30.7 Å². The van der Waals surface area contributed by atoms with Crippen LogP contribution in [0.15, 0.2) is 29.2 Å². The van der Waals surface area contributed by atoms with Crippen LogP contribution in [-0.2, 0) is 10.0 Å². The number of benzene rings is 1. The molecule has 0 radical (unpaired) electrons. The van der Waals surface area contributed by atoms with Gasteiger partial charge < -0.3 is 5.73 Å². The first-order valence-electron chi connectivity index (χ1n) is 7.07. The Kier molecular flexibility index (Phi) is 5.32. The number of nitrogens with one attached hydrogen (secondary N) is 1. The van der Waals surface area contributed by atoms with Crippen LogP contribution in [0.25, 0.3) is 0 Å². The summed E-state index contributed by atoms with van der Waals surface area (Å²) in [7, 11) is -3.53. The van der Waals surface area contributed by atoms with Gasteiger partial charge in [-0.1, -0.05) is 31.3 Å². The molecule has 0 aromatic heterocycles. The lowest BCUT2D eigenvalue weighted by atomic mass is 10.2. The molecule has 2 rings (SSSR count). The molecule has 1 atom stereocenters. The lowest BCUT2D eigenvalue weighted by Gasteiger charge is -2.22. The summed E-state index contributed by atoms with van der Waals surface area (Å²) in [6.07, 6.45) is 2.15. The van der Waals surface area contributed by atoms with Crippen LogP contribution in [0.5, 0.6) is 0 Å². The second kappa shape index (κ2) is 6.83. The van der Waals surface area contributed by atoms with E-state index < -0.39 is 10.0 Å². The summed E-state index contributed by atoms with van der Waals surface area (Å²) >= 11 is 4.88. The number of sulfonamides is 1. The third-order valence-corrected chi connectivity index (χ3v) is 5.50. The summed E-state index contributed by atoms with van der Waals surface area (Å²) < 4.78 is 27.4. The van der Waals surface area contributed by atoms with E-state index in [9.17, 15) is 8.42 Å². The number of thiocarbonyl (C=S) groups is 1. The molecular weight excluding hydrogens is 306 g/mol. The molecule has 116 valence electrons. The van der Waals surface area contributed by atoms with Gasteiger partial charge in [0.1, 0.15) is 4.99 Å². The number of rotatable bonds is 6. The maximum atomic E-state index is 12.3. The van der Waals surface area contributed by atoms with E-state index >= 15 is 0 Å². The van der Waals surface area contributed by atoms with Crippen LogP contribution >= 0.6 is 12.2 Å². The Morgan fingerprint density at radius 3 is 2.95 bits per heavy atom. The van der Waals surface area contributed by atoms with Crippen LogP contribution in [0.1, 0.15) is 25.3 Å². The third kappa shape index (κ3) is 4.00. The quantitative estimate of drug-likeness (QED) is 0.765. The zero-order valence-electron chi connectivity index (χ0n) is 12.1. The van der Waals surface area contributed by atoms with Gasteiger partial charge in [-0.2, -0.15) is 0 Å². The fourth-order valence-corrected chi connectivity index (χ4v) is 3.89. The molecule has 7 heteroatoms. The predicted octanol–water partition coefficient (Wildman–Crippen LogP) is 1.08. The van der Waals surface area contributed by atoms with E-state index in [0.29, 0.717) is 12.1 Å². The molecule has 1 saturated heterocycles. The van der Waals surface area contributed by atoms with Crippen molar-refractivity contribution in [2.24, 2.45) is 5.73 Å². The van der Waals surface area contributed by atoms with Gasteiger partial charge in [0.15, 0.2) is 0 Å². The van der Waals surface area contributed by atoms with Gasteiger partial charge in [0.05, 0.1) is 4.90 Å². The molecule has 1 aromatic carbocycles. The number of hydrogen-bond donors (Lipinski definition) is 2. The highest BCUT2D eigenvalue weighted by Crippen LogP contribution is 2.17. The molecule has 3 N–H and O–H groups in total. The van der Waals surface area contributed by atoms with Crippen LogP contribution in [-0.4, -0.2) is 44.0 Å². The highest BCUT2D eigenvalue weighted by Gasteiger charge is 2.25. The number of likely N-dealkylation sites (N-methyl/N-ethyl adjacent to an activating group) is 1. The number of nitrogens with two attached hydrogens (primary N) is 1. The minimum absolute atomic E-state index is 0.194. The summed E-state index contributed by atoms with van der Waals surface area (Å²) in [5.74, 6) is 0. The van der Waals surface area contributed by atoms with E-state index in [0.717, 1.165) is 25.9 Å². The average molecular weight is 327 g/mol. The highest BCUT2D eigenvalue weighted by molar-refractivity contribution is 7.89. The molecule has 1 aromatic rings. The molecule has 0 spiro atoms. The van der Waals surface area contributed by atoms with Gasteiger partial charge in [0.2, 0.25) is 10.0 Å². The maximum Gasteiger partial charge on any atom is 0.240 e. The summed E-state index contributed by atoms with van der Waals surface area (Å²) in [6, 6.07) is 6.70. The molecule has 21 heavy (non-hydrogen) atoms. The number of likely N-dealkylation sites (tertiary alicyclic amines) is 1. The molecule has 0 amide bonds. The minimum Gasteiger partial charge on any atom is -0.389 e. The van der Waals surface area contributed by atoms with Crippen molar-refractivity contribution in [3.8, 4) is 0 Å². The average Bonchev–Trinajstić information content (AvgIpc) is 2.93. The van der Waals surface area contributed by atoms with Gasteiger partial charge >= 0.3 is 0 Å². The van der Waals surface area contributed by atoms with Gasteiger partial charge in [-0.15, -0.1) is 0 Å². The number of nitrogens with zero attached hydrogens (tertiary/aromatic N) is 1. The second-order valence-corrected chi connectivity index (χ2v) is 7.38. The molecule has 1 heterocycles. The van der Waals surface area contributed by atoms with Gasteiger partial charge in [-0.3, -0.25) is 4.90 Å². The van der Waals surface area contributed by atoms with Gasteiger partial charge in [-0.25, -0.2) is 13.1 Å². The largest absolute Gasteiger partial charge is 0.389 e. The van der Waals surface area contributed by atoms with Gasteiger partial charge in [-0.05, 0) is 38.1 Å². The Labute approximate surface area is 131 Å². The Bertz CT molecular complexity index is 616. The minimum atomic E-state index is -3.53. The Morgan fingerprint density at radius 2 is 2.29 bits per heavy atom. The van der Waals surface area contributed by atoms with Crippen molar-refractivity contribution in [2.75, 3.05) is 19.6 Å². The standard InChI is InChI=1S/C14H21N3O2S2/c1-2-17-8-4-6-12(17)10-16-21(18,19)13-7-3-5-11(9-13)14(15)20/h3,5,7,9,12,16H,2,4,6,8,10H2,1H3,(H2,15,20). The summed E-state index contributed by atoms with van der Waals surface area (Å²) in [5.41, 5.74) is 6.10. The van der Waals surface area contributed by atoms with Crippen molar-refractivity contribution in [1.29, 1.82) is 0 Å². The summed E-state index contributed by atoms with van der Waals surface area (Å²) in [6.45, 7) is 4.52. The lowest BCUT2D eigenvalue weighted by molar-refractivity contribution is 0.268. The third-order valence-electron chi connectivity index (χ3n) is 3.84. The normalized spacial score (nSPS) is 19.8. The lowest BCUT2D eigenvalue weighted by Crippen LogP contribution is -2.40. The molecule has 0 bridgehead atoms. The van der Waals surface area contributed by atoms with E-state index in [-0.39, 0.29) is 15.9 Å². The predicted molar refractivity (Wildman–Crippen MR) is 87.8 cm³/mol. The fourth-order valence-electron chi connectivity index (χ4n) is 2.65. The highest BCUT2D eigenvalue weighted by atomic mass is 32.2. The topological polar surface area (TPSA) is 75.4 Å². The Morgan fingerprint density at radius 1 is 1.52 bits per heavy atom. The van der Waals surface area contributed by atoms with Crippen molar-refractivity contribution in [3.63, 3.8) is 0 Å². The van der Waals surface area contributed by atoms with E-state index in [2.05, 4.69) is 16.5 Å². The first-order chi connectivity index (χ1) is 9.94. The van der Waals surface area contributed by atoms with Crippen LogP contribution in [0.2, 0.25) is 0 Å². The van der Waals surface area contributed by atoms with Crippen LogP contribution in [0.3, 0.4) is 0 Å². The monoisotopic (exact) mass is 327 g/mol. The SMILES string of the molecule is CCN1CCCC1CNS(=O)(=O)c1cccc(C(N)=S)c1. The summed E-state index contributed by atoms with van der Waals surface area (Å²) in [5, 5.41) is 0. The van der Waals surface area contributed by atoms with Gasteiger partial charge in [0.25, 0.3) is 0 Å². The summed E-state index contributed by atoms with van der Waals surface area (Å²) in [4.78, 5) is 2.70. The van der Waals surface area contributed by atoms with Crippen LogP contribution in [0, 0.1) is 0 Å². The molecule has 0 aliphatic carbocycles. The first kappa shape index (κ1) is 16.4. The smallest absolute Gasteiger partial charge is 0.240 e. The van der Waals surface area contributed by atoms with Crippen LogP contribution in [0.4, 0.5) is 0 Å². The zero-order valence-corrected chi connectivity index (χ0v) is 13.7. The molecule has 0 saturated carbocycles. The van der Waals surface area contributed by atoms with Crippen molar-refractivity contribution < 1.29 is 8.42 Å². The van der Waals surface area contributed by atoms with E-state index in [4.69, 9.17) is 18.0 Å². The Balaban J connectivity index is 2.08. The van der Waals surface area contributed by atoms with E-state index in [1.165, 1.54) is 6.07 Å². The zero-order chi connectivity index (χ0) is 15.5. The molecule has 1 unspecified atom stereocenters. The fraction of sp³-hybridized carbons (Fsp3) is 0.500. The second-order valence-electron chi connectivity index (χ2n) is 5.17. The van der Waals surface area contributed by atoms with Gasteiger partial charge in [0, 0.05) is 18.2 Å². The Hall–Kier alpha value is -1.02. The maximum absolute atomic E-state index is 12.3. The first-order valence-corrected chi connectivity index (χ1v) is 8.96. The molecule has 5 nitrogen and oxygen atoms in total. The van der Waals surface area contributed by atoms with Crippen molar-refractivity contribution in [3.05, 3.63) is 29.8 Å². The van der Waals surface area contributed by atoms with E-state index in [1.54, 1.807) is 18.2 Å². The van der Waals surface area contributed by atoms with Crippen molar-refractivity contribution >= 4 is 27.2 Å². The van der Waals surface area contributed by atoms with Crippen LogP contribution < -0.4 is 10.5 Å². The van der Waals surface area contributed by atoms with E-state index in [1.807, 2.05) is 0 Å². The molecule has 1 aliphatic rings. The molecular formula is C14H21N3O2S2. The molecule has 1 aliphatic heterocycles.